The molecule has 0 unspecified atom stereocenters. The Labute approximate surface area is 166 Å². The number of carbonyl (C=O) groups is 1. The molecule has 8 heteroatoms. The number of amides is 2. The van der Waals surface area contributed by atoms with Crippen molar-refractivity contribution in [1.29, 1.82) is 0 Å². The molecule has 0 spiro atoms. The summed E-state index contributed by atoms with van der Waals surface area (Å²) in [6.07, 6.45) is 3.84. The van der Waals surface area contributed by atoms with Crippen molar-refractivity contribution in [2.24, 2.45) is 0 Å². The van der Waals surface area contributed by atoms with E-state index in [4.69, 9.17) is 9.47 Å². The summed E-state index contributed by atoms with van der Waals surface area (Å²) in [6.45, 7) is 7.62. The third kappa shape index (κ3) is 4.95. The van der Waals surface area contributed by atoms with Gasteiger partial charge in [-0.05, 0) is 24.6 Å². The summed E-state index contributed by atoms with van der Waals surface area (Å²) < 4.78 is 12.7. The molecular weight excluding hydrogens is 358 g/mol. The number of imidazole rings is 1. The summed E-state index contributed by atoms with van der Waals surface area (Å²) in [7, 11) is 3.21. The van der Waals surface area contributed by atoms with E-state index >= 15 is 0 Å². The van der Waals surface area contributed by atoms with Crippen LogP contribution in [-0.4, -0.2) is 72.3 Å². The highest BCUT2D eigenvalue weighted by Gasteiger charge is 2.20. The van der Waals surface area contributed by atoms with Gasteiger partial charge in [0.25, 0.3) is 0 Å². The quantitative estimate of drug-likeness (QED) is 0.784. The van der Waals surface area contributed by atoms with Crippen molar-refractivity contribution >= 4 is 6.03 Å². The van der Waals surface area contributed by atoms with Crippen LogP contribution >= 0.6 is 0 Å². The number of carbonyl (C=O) groups excluding carboxylic acids is 1. The van der Waals surface area contributed by atoms with Crippen molar-refractivity contribution in [2.45, 2.75) is 20.0 Å². The first-order valence-electron chi connectivity index (χ1n) is 9.54. The first-order valence-corrected chi connectivity index (χ1v) is 9.54. The molecule has 2 heterocycles. The summed E-state index contributed by atoms with van der Waals surface area (Å²) >= 11 is 0. The predicted octanol–water partition coefficient (Wildman–Crippen LogP) is 1.74. The van der Waals surface area contributed by atoms with Crippen molar-refractivity contribution in [1.82, 2.24) is 24.7 Å². The molecule has 2 aromatic rings. The minimum Gasteiger partial charge on any atom is -0.493 e. The topological polar surface area (TPSA) is 71.9 Å². The summed E-state index contributed by atoms with van der Waals surface area (Å²) in [4.78, 5) is 21.0. The fourth-order valence-corrected chi connectivity index (χ4v) is 3.34. The highest BCUT2D eigenvalue weighted by Crippen LogP contribution is 2.27. The molecule has 3 rings (SSSR count). The van der Waals surface area contributed by atoms with Gasteiger partial charge in [-0.2, -0.15) is 0 Å². The van der Waals surface area contributed by atoms with E-state index in [0.717, 1.165) is 50.7 Å². The molecular formula is C20H29N5O3. The smallest absolute Gasteiger partial charge is 0.317 e. The molecule has 1 fully saturated rings. The maximum absolute atomic E-state index is 12.5. The van der Waals surface area contributed by atoms with Gasteiger partial charge in [0.2, 0.25) is 0 Å². The maximum atomic E-state index is 12.5. The third-order valence-electron chi connectivity index (χ3n) is 5.13. The molecule has 1 aromatic carbocycles. The van der Waals surface area contributed by atoms with Gasteiger partial charge in [-0.1, -0.05) is 6.07 Å². The first-order chi connectivity index (χ1) is 13.6. The van der Waals surface area contributed by atoms with E-state index in [1.807, 2.05) is 42.4 Å². The van der Waals surface area contributed by atoms with Crippen molar-refractivity contribution < 1.29 is 14.3 Å². The van der Waals surface area contributed by atoms with Crippen LogP contribution < -0.4 is 14.8 Å². The number of nitrogens with zero attached hydrogens (tertiary/aromatic N) is 4. The van der Waals surface area contributed by atoms with E-state index < -0.39 is 0 Å². The van der Waals surface area contributed by atoms with Crippen LogP contribution in [0.5, 0.6) is 11.5 Å². The van der Waals surface area contributed by atoms with Gasteiger partial charge in [0.05, 0.1) is 14.2 Å². The van der Waals surface area contributed by atoms with Crippen LogP contribution in [0.15, 0.2) is 30.6 Å². The van der Waals surface area contributed by atoms with E-state index in [2.05, 4.69) is 19.8 Å². The lowest BCUT2D eigenvalue weighted by Crippen LogP contribution is -2.52. The van der Waals surface area contributed by atoms with E-state index in [0.29, 0.717) is 18.0 Å². The molecule has 0 atom stereocenters. The standard InChI is InChI=1S/C20H29N5O3/c1-16-21-6-7-24(16)11-8-23-9-12-25(13-10-23)20(26)22-15-17-4-5-18(27-2)19(14-17)28-3/h4-7,14H,8-13,15H2,1-3H3,(H,22,26). The number of urea groups is 1. The van der Waals surface area contributed by atoms with E-state index in [9.17, 15) is 4.79 Å². The Balaban J connectivity index is 1.42. The minimum atomic E-state index is -0.0279. The summed E-state index contributed by atoms with van der Waals surface area (Å²) in [5.41, 5.74) is 0.973. The number of nitrogens with one attached hydrogen (secondary N) is 1. The zero-order valence-electron chi connectivity index (χ0n) is 16.9. The van der Waals surface area contributed by atoms with Gasteiger partial charge in [0, 0.05) is 58.2 Å². The van der Waals surface area contributed by atoms with Crippen molar-refractivity contribution in [2.75, 3.05) is 46.9 Å². The Bertz CT molecular complexity index is 784. The normalized spacial score (nSPS) is 14.8. The molecule has 8 nitrogen and oxygen atoms in total. The summed E-state index contributed by atoms with van der Waals surface area (Å²) in [5, 5.41) is 2.99. The second-order valence-corrected chi connectivity index (χ2v) is 6.84. The fraction of sp³-hybridized carbons (Fsp3) is 0.500. The lowest BCUT2D eigenvalue weighted by atomic mass is 10.2. The van der Waals surface area contributed by atoms with E-state index in [1.54, 1.807) is 14.2 Å². The van der Waals surface area contributed by atoms with Crippen molar-refractivity contribution in [3.63, 3.8) is 0 Å². The predicted molar refractivity (Wildman–Crippen MR) is 107 cm³/mol. The number of hydrogen-bond donors (Lipinski definition) is 1. The number of aryl methyl sites for hydroxylation is 1. The summed E-state index contributed by atoms with van der Waals surface area (Å²) in [6, 6.07) is 5.63. The lowest BCUT2D eigenvalue weighted by Gasteiger charge is -2.34. The fourth-order valence-electron chi connectivity index (χ4n) is 3.34. The number of hydrogen-bond acceptors (Lipinski definition) is 5. The third-order valence-corrected chi connectivity index (χ3v) is 5.13. The molecule has 152 valence electrons. The molecule has 1 aliphatic rings. The van der Waals surface area contributed by atoms with Crippen LogP contribution in [0, 0.1) is 6.92 Å². The molecule has 28 heavy (non-hydrogen) atoms. The van der Waals surface area contributed by atoms with Gasteiger partial charge in [0.15, 0.2) is 11.5 Å². The van der Waals surface area contributed by atoms with Crippen LogP contribution in [0.1, 0.15) is 11.4 Å². The van der Waals surface area contributed by atoms with Gasteiger partial charge in [-0.15, -0.1) is 0 Å². The molecule has 1 aromatic heterocycles. The largest absolute Gasteiger partial charge is 0.493 e. The Kier molecular flexibility index (Phi) is 6.76. The Morgan fingerprint density at radius 2 is 1.86 bits per heavy atom. The first kappa shape index (κ1) is 20.0. The highest BCUT2D eigenvalue weighted by atomic mass is 16.5. The minimum absolute atomic E-state index is 0.0279. The van der Waals surface area contributed by atoms with Crippen LogP contribution in [-0.2, 0) is 13.1 Å². The SMILES string of the molecule is COc1ccc(CNC(=O)N2CCN(CCn3ccnc3C)CC2)cc1OC. The molecule has 0 bridgehead atoms. The number of benzene rings is 1. The van der Waals surface area contributed by atoms with Crippen LogP contribution in [0.25, 0.3) is 0 Å². The van der Waals surface area contributed by atoms with Crippen molar-refractivity contribution in [3.05, 3.63) is 42.0 Å². The summed E-state index contributed by atoms with van der Waals surface area (Å²) in [5.74, 6) is 2.38. The van der Waals surface area contributed by atoms with Gasteiger partial charge >= 0.3 is 6.03 Å². The Morgan fingerprint density at radius 1 is 1.11 bits per heavy atom. The monoisotopic (exact) mass is 387 g/mol. The van der Waals surface area contributed by atoms with Crippen LogP contribution in [0.4, 0.5) is 4.79 Å². The van der Waals surface area contributed by atoms with E-state index in [-0.39, 0.29) is 6.03 Å². The zero-order valence-corrected chi connectivity index (χ0v) is 16.9. The molecule has 1 saturated heterocycles. The molecule has 2 amide bonds. The number of methoxy groups -OCH3 is 2. The number of piperazine rings is 1. The van der Waals surface area contributed by atoms with Crippen LogP contribution in [0.3, 0.4) is 0 Å². The Morgan fingerprint density at radius 3 is 2.50 bits per heavy atom. The highest BCUT2D eigenvalue weighted by molar-refractivity contribution is 5.74. The number of ether oxygens (including phenoxy) is 2. The lowest BCUT2D eigenvalue weighted by molar-refractivity contribution is 0.136. The number of aromatic nitrogens is 2. The maximum Gasteiger partial charge on any atom is 0.317 e. The van der Waals surface area contributed by atoms with Crippen molar-refractivity contribution in [3.8, 4) is 11.5 Å². The molecule has 0 radical (unpaired) electrons. The van der Waals surface area contributed by atoms with Gasteiger partial charge in [-0.3, -0.25) is 4.90 Å². The average Bonchev–Trinajstić information content (AvgIpc) is 3.15. The van der Waals surface area contributed by atoms with Gasteiger partial charge < -0.3 is 24.3 Å². The average molecular weight is 387 g/mol. The van der Waals surface area contributed by atoms with Crippen LogP contribution in [0.2, 0.25) is 0 Å². The molecule has 0 saturated carbocycles. The van der Waals surface area contributed by atoms with E-state index in [1.165, 1.54) is 0 Å². The van der Waals surface area contributed by atoms with Gasteiger partial charge in [0.1, 0.15) is 5.82 Å². The van der Waals surface area contributed by atoms with Gasteiger partial charge in [-0.25, -0.2) is 9.78 Å². The second kappa shape index (κ2) is 9.45. The number of rotatable bonds is 7. The molecule has 0 aliphatic carbocycles. The Hall–Kier alpha value is -2.74. The second-order valence-electron chi connectivity index (χ2n) is 6.84. The molecule has 1 N–H and O–H groups in total. The zero-order chi connectivity index (χ0) is 19.9. The molecule has 1 aliphatic heterocycles.